The van der Waals surface area contributed by atoms with Gasteiger partial charge in [-0.05, 0) is 23.9 Å². The molecule has 0 aliphatic carbocycles. The fraction of sp³-hybridized carbons (Fsp3) is 0.429. The van der Waals surface area contributed by atoms with E-state index in [1.54, 1.807) is 6.07 Å². The van der Waals surface area contributed by atoms with Crippen LogP contribution >= 0.6 is 11.3 Å². The lowest BCUT2D eigenvalue weighted by Crippen LogP contribution is -2.25. The van der Waals surface area contributed by atoms with Crippen molar-refractivity contribution in [3.63, 3.8) is 0 Å². The van der Waals surface area contributed by atoms with Gasteiger partial charge in [0.05, 0.1) is 0 Å². The zero-order chi connectivity index (χ0) is 8.97. The van der Waals surface area contributed by atoms with Crippen molar-refractivity contribution in [3.8, 4) is 0 Å². The Bertz CT molecular complexity index is 248. The van der Waals surface area contributed by atoms with Gasteiger partial charge in [0.2, 0.25) is 0 Å². The highest BCUT2D eigenvalue weighted by Gasteiger charge is 2.05. The standard InChI is InChI=1S/C7H11NO2S2/c1-2-5-8(12(9)10)7-4-3-6-11-7/h3-4,6H,2,5H2,1H3,(H,9,10)/p-1. The van der Waals surface area contributed by atoms with Crippen LogP contribution in [0.2, 0.25) is 0 Å². The summed E-state index contributed by atoms with van der Waals surface area (Å²) in [7, 11) is 0. The van der Waals surface area contributed by atoms with Crippen molar-refractivity contribution in [1.82, 2.24) is 0 Å². The number of nitrogens with zero attached hydrogens (tertiary/aromatic N) is 1. The third-order valence-electron chi connectivity index (χ3n) is 1.36. The Labute approximate surface area is 78.4 Å². The van der Waals surface area contributed by atoms with Crippen LogP contribution in [0.1, 0.15) is 13.3 Å². The summed E-state index contributed by atoms with van der Waals surface area (Å²) in [5.41, 5.74) is 0. The van der Waals surface area contributed by atoms with E-state index >= 15 is 0 Å². The lowest BCUT2D eigenvalue weighted by Gasteiger charge is -2.23. The van der Waals surface area contributed by atoms with Crippen LogP contribution in [0.5, 0.6) is 0 Å². The second-order valence-electron chi connectivity index (χ2n) is 2.27. The van der Waals surface area contributed by atoms with Gasteiger partial charge < -0.3 is 4.55 Å². The van der Waals surface area contributed by atoms with Crippen LogP contribution in [0, 0.1) is 0 Å². The Balaban J connectivity index is 2.73. The first kappa shape index (κ1) is 9.70. The summed E-state index contributed by atoms with van der Waals surface area (Å²) in [6.07, 6.45) is 0.825. The van der Waals surface area contributed by atoms with E-state index in [4.69, 9.17) is 0 Å². The molecule has 0 radical (unpaired) electrons. The van der Waals surface area contributed by atoms with Crippen molar-refractivity contribution >= 4 is 27.6 Å². The second-order valence-corrected chi connectivity index (χ2v) is 4.07. The predicted molar refractivity (Wildman–Crippen MR) is 50.9 cm³/mol. The molecule has 1 heterocycles. The van der Waals surface area contributed by atoms with Gasteiger partial charge in [-0.15, -0.1) is 11.3 Å². The summed E-state index contributed by atoms with van der Waals surface area (Å²) >= 11 is -0.707. The molecule has 0 spiro atoms. The van der Waals surface area contributed by atoms with Crippen molar-refractivity contribution in [2.75, 3.05) is 10.8 Å². The van der Waals surface area contributed by atoms with Gasteiger partial charge in [0.1, 0.15) is 5.00 Å². The molecule has 68 valence electrons. The molecule has 0 N–H and O–H groups in total. The molecule has 12 heavy (non-hydrogen) atoms. The first-order chi connectivity index (χ1) is 5.75. The Kier molecular flexibility index (Phi) is 3.71. The molecule has 0 saturated carbocycles. The SMILES string of the molecule is CCCN(c1cccs1)S(=O)[O-]. The maximum atomic E-state index is 10.7. The summed E-state index contributed by atoms with van der Waals surface area (Å²) in [6.45, 7) is 2.50. The van der Waals surface area contributed by atoms with Crippen LogP contribution in [0.15, 0.2) is 17.5 Å². The molecule has 0 amide bonds. The van der Waals surface area contributed by atoms with Crippen molar-refractivity contribution in [2.24, 2.45) is 0 Å². The highest BCUT2D eigenvalue weighted by molar-refractivity contribution is 7.80. The van der Waals surface area contributed by atoms with Gasteiger partial charge in [0.15, 0.2) is 0 Å². The monoisotopic (exact) mass is 204 g/mol. The maximum Gasteiger partial charge on any atom is 0.102 e. The first-order valence-corrected chi connectivity index (χ1v) is 5.57. The van der Waals surface area contributed by atoms with Gasteiger partial charge in [-0.2, -0.15) is 0 Å². The molecule has 0 aliphatic heterocycles. The van der Waals surface area contributed by atoms with Crippen molar-refractivity contribution < 1.29 is 8.76 Å². The Morgan fingerprint density at radius 3 is 2.92 bits per heavy atom. The Morgan fingerprint density at radius 2 is 2.50 bits per heavy atom. The van der Waals surface area contributed by atoms with Crippen LogP contribution in [-0.2, 0) is 11.3 Å². The zero-order valence-electron chi connectivity index (χ0n) is 6.73. The second kappa shape index (κ2) is 4.59. The van der Waals surface area contributed by atoms with Gasteiger partial charge in [0.25, 0.3) is 0 Å². The topological polar surface area (TPSA) is 43.4 Å². The van der Waals surface area contributed by atoms with E-state index in [0.29, 0.717) is 6.54 Å². The maximum absolute atomic E-state index is 10.7. The van der Waals surface area contributed by atoms with Crippen molar-refractivity contribution in [3.05, 3.63) is 17.5 Å². The highest BCUT2D eigenvalue weighted by atomic mass is 32.2. The average Bonchev–Trinajstić information content (AvgIpc) is 2.51. The summed E-state index contributed by atoms with van der Waals surface area (Å²) in [5, 5.41) is 2.65. The normalized spacial score (nSPS) is 12.8. The minimum Gasteiger partial charge on any atom is -0.755 e. The summed E-state index contributed by atoms with van der Waals surface area (Å²) < 4.78 is 22.8. The van der Waals surface area contributed by atoms with E-state index in [2.05, 4.69) is 0 Å². The minimum atomic E-state index is -2.14. The fourth-order valence-electron chi connectivity index (χ4n) is 0.873. The van der Waals surface area contributed by atoms with Gasteiger partial charge in [-0.3, -0.25) is 8.51 Å². The van der Waals surface area contributed by atoms with Crippen LogP contribution < -0.4 is 4.31 Å². The molecule has 1 aromatic heterocycles. The van der Waals surface area contributed by atoms with E-state index in [0.717, 1.165) is 11.4 Å². The Hall–Kier alpha value is -0.390. The number of anilines is 1. The van der Waals surface area contributed by atoms with E-state index in [9.17, 15) is 8.76 Å². The summed E-state index contributed by atoms with van der Waals surface area (Å²) in [5.74, 6) is 0. The zero-order valence-corrected chi connectivity index (χ0v) is 8.36. The molecule has 0 aliphatic rings. The van der Waals surface area contributed by atoms with Gasteiger partial charge in [-0.1, -0.05) is 6.92 Å². The third-order valence-corrected chi connectivity index (χ3v) is 3.10. The quantitative estimate of drug-likeness (QED) is 0.701. The lowest BCUT2D eigenvalue weighted by atomic mass is 10.5. The van der Waals surface area contributed by atoms with Crippen LogP contribution in [0.25, 0.3) is 0 Å². The van der Waals surface area contributed by atoms with Crippen LogP contribution in [-0.4, -0.2) is 15.3 Å². The summed E-state index contributed by atoms with van der Waals surface area (Å²) in [4.78, 5) is 0. The molecule has 1 aromatic rings. The van der Waals surface area contributed by atoms with Crippen LogP contribution in [0.3, 0.4) is 0 Å². The molecule has 1 unspecified atom stereocenters. The van der Waals surface area contributed by atoms with E-state index in [1.807, 2.05) is 18.4 Å². The molecule has 1 rings (SSSR count). The first-order valence-electron chi connectivity index (χ1n) is 3.66. The molecule has 0 bridgehead atoms. The number of hydrogen-bond acceptors (Lipinski definition) is 3. The minimum absolute atomic E-state index is 0.552. The molecule has 5 heteroatoms. The van der Waals surface area contributed by atoms with Crippen LogP contribution in [0.4, 0.5) is 5.00 Å². The van der Waals surface area contributed by atoms with E-state index in [1.165, 1.54) is 15.6 Å². The number of hydrogen-bond donors (Lipinski definition) is 0. The van der Waals surface area contributed by atoms with E-state index < -0.39 is 11.3 Å². The van der Waals surface area contributed by atoms with Gasteiger partial charge in [0, 0.05) is 17.8 Å². The molecule has 0 aromatic carbocycles. The largest absolute Gasteiger partial charge is 0.755 e. The average molecular weight is 204 g/mol. The van der Waals surface area contributed by atoms with E-state index in [-0.39, 0.29) is 0 Å². The smallest absolute Gasteiger partial charge is 0.102 e. The molecule has 0 fully saturated rings. The predicted octanol–water partition coefficient (Wildman–Crippen LogP) is 1.76. The number of thiophene rings is 1. The number of rotatable bonds is 4. The molecule has 1 atom stereocenters. The summed E-state index contributed by atoms with van der Waals surface area (Å²) in [6, 6.07) is 3.64. The van der Waals surface area contributed by atoms with Crippen molar-refractivity contribution in [2.45, 2.75) is 13.3 Å². The third kappa shape index (κ3) is 2.30. The molecular weight excluding hydrogens is 194 g/mol. The van der Waals surface area contributed by atoms with Crippen molar-refractivity contribution in [1.29, 1.82) is 0 Å². The van der Waals surface area contributed by atoms with Gasteiger partial charge in [-0.25, -0.2) is 0 Å². The lowest BCUT2D eigenvalue weighted by molar-refractivity contribution is 0.532. The highest BCUT2D eigenvalue weighted by Crippen LogP contribution is 2.22. The Morgan fingerprint density at radius 1 is 1.75 bits per heavy atom. The fourth-order valence-corrected chi connectivity index (χ4v) is 2.39. The molecule has 0 saturated heterocycles. The molecule has 3 nitrogen and oxygen atoms in total. The van der Waals surface area contributed by atoms with Gasteiger partial charge >= 0.3 is 0 Å². The molecular formula is C7H10NO2S2-.